The van der Waals surface area contributed by atoms with Crippen molar-refractivity contribution in [1.82, 2.24) is 0 Å². The number of rotatable bonds is 4. The molecule has 0 aromatic heterocycles. The fourth-order valence-corrected chi connectivity index (χ4v) is 4.18. The van der Waals surface area contributed by atoms with Crippen molar-refractivity contribution in [3.8, 4) is 6.07 Å². The third-order valence-corrected chi connectivity index (χ3v) is 6.09. The van der Waals surface area contributed by atoms with E-state index in [-0.39, 0.29) is 4.90 Å². The summed E-state index contributed by atoms with van der Waals surface area (Å²) in [7, 11) is -3.98. The molecule has 0 radical (unpaired) electrons. The predicted octanol–water partition coefficient (Wildman–Crippen LogP) is 4.95. The van der Waals surface area contributed by atoms with Crippen LogP contribution < -0.4 is 0 Å². The highest BCUT2D eigenvalue weighted by molar-refractivity contribution is 8.16. The third kappa shape index (κ3) is 4.53. The number of nitriles is 1. The molecule has 0 fully saturated rings. The molecule has 3 rings (SSSR count). The minimum Gasteiger partial charge on any atom is -0.264 e. The Morgan fingerprint density at radius 1 is 1.14 bits per heavy atom. The zero-order valence-corrected chi connectivity index (χ0v) is 17.0. The average molecular weight is 411 g/mol. The van der Waals surface area contributed by atoms with Gasteiger partial charge >= 0.3 is 10.1 Å². The number of oxime groups is 1. The van der Waals surface area contributed by atoms with Gasteiger partial charge in [-0.1, -0.05) is 65.0 Å². The van der Waals surface area contributed by atoms with Gasteiger partial charge < -0.3 is 0 Å². The quantitative estimate of drug-likeness (QED) is 0.526. The smallest absolute Gasteiger partial charge is 0.264 e. The van der Waals surface area contributed by atoms with Gasteiger partial charge in [0.25, 0.3) is 0 Å². The second kappa shape index (κ2) is 8.46. The van der Waals surface area contributed by atoms with Gasteiger partial charge in [0.15, 0.2) is 0 Å². The Kier molecular flexibility index (Phi) is 6.02. The monoisotopic (exact) mass is 410 g/mol. The van der Waals surface area contributed by atoms with Crippen molar-refractivity contribution < 1.29 is 12.7 Å². The first-order valence-corrected chi connectivity index (χ1v) is 10.8. The Morgan fingerprint density at radius 2 is 1.86 bits per heavy atom. The van der Waals surface area contributed by atoms with E-state index in [1.807, 2.05) is 44.2 Å². The zero-order valence-electron chi connectivity index (χ0n) is 15.4. The van der Waals surface area contributed by atoms with E-state index in [4.69, 9.17) is 4.28 Å². The lowest BCUT2D eigenvalue weighted by molar-refractivity contribution is 0.339. The molecule has 0 bridgehead atoms. The largest absolute Gasteiger partial charge is 0.358 e. The van der Waals surface area contributed by atoms with Gasteiger partial charge in [-0.25, -0.2) is 0 Å². The molecule has 2 aromatic rings. The molecule has 7 heteroatoms. The van der Waals surface area contributed by atoms with E-state index < -0.39 is 10.1 Å². The van der Waals surface area contributed by atoms with Crippen molar-refractivity contribution in [2.75, 3.05) is 0 Å². The SMILES string of the molecule is Cc1ccc(S(=O)(=O)O/N=C2/C/C(=C(\C#N)c3ccccc3C)C=CS2)cc1. The molecule has 0 saturated heterocycles. The van der Waals surface area contributed by atoms with E-state index >= 15 is 0 Å². The van der Waals surface area contributed by atoms with Crippen molar-refractivity contribution in [2.45, 2.75) is 25.2 Å². The first-order valence-electron chi connectivity index (χ1n) is 8.50. The first-order chi connectivity index (χ1) is 13.4. The molecule has 1 aliphatic heterocycles. The summed E-state index contributed by atoms with van der Waals surface area (Å²) in [5.74, 6) is 0. The van der Waals surface area contributed by atoms with Gasteiger partial charge in [0.2, 0.25) is 0 Å². The highest BCUT2D eigenvalue weighted by atomic mass is 32.2. The van der Waals surface area contributed by atoms with E-state index in [1.165, 1.54) is 23.9 Å². The van der Waals surface area contributed by atoms with Gasteiger partial charge in [-0.15, -0.1) is 0 Å². The third-order valence-electron chi connectivity index (χ3n) is 4.21. The lowest BCUT2D eigenvalue weighted by Gasteiger charge is -2.13. The van der Waals surface area contributed by atoms with Crippen LogP contribution in [0.1, 0.15) is 23.1 Å². The average Bonchev–Trinajstić information content (AvgIpc) is 2.69. The summed E-state index contributed by atoms with van der Waals surface area (Å²) in [6.45, 7) is 3.82. The van der Waals surface area contributed by atoms with Gasteiger partial charge in [0.1, 0.15) is 16.0 Å². The van der Waals surface area contributed by atoms with Crippen molar-refractivity contribution >= 4 is 32.5 Å². The molecular weight excluding hydrogens is 392 g/mol. The van der Waals surface area contributed by atoms with E-state index in [0.29, 0.717) is 17.0 Å². The van der Waals surface area contributed by atoms with E-state index in [0.717, 1.165) is 22.3 Å². The number of aryl methyl sites for hydroxylation is 2. The number of thioether (sulfide) groups is 1. The van der Waals surface area contributed by atoms with Crippen molar-refractivity contribution in [1.29, 1.82) is 5.26 Å². The summed E-state index contributed by atoms with van der Waals surface area (Å²) in [5.41, 5.74) is 4.11. The van der Waals surface area contributed by atoms with Gasteiger partial charge in [-0.05, 0) is 48.1 Å². The van der Waals surface area contributed by atoms with Crippen LogP contribution in [-0.4, -0.2) is 13.5 Å². The molecule has 0 saturated carbocycles. The Bertz CT molecular complexity index is 1120. The molecule has 0 aliphatic carbocycles. The molecule has 1 heterocycles. The molecule has 1 aliphatic rings. The maximum Gasteiger partial charge on any atom is 0.358 e. The minimum absolute atomic E-state index is 0.0483. The van der Waals surface area contributed by atoms with Gasteiger partial charge in [-0.3, -0.25) is 4.28 Å². The molecule has 2 aromatic carbocycles. The number of allylic oxidation sites excluding steroid dienone is 3. The van der Waals surface area contributed by atoms with Gasteiger partial charge in [0.05, 0.1) is 5.57 Å². The highest BCUT2D eigenvalue weighted by Gasteiger charge is 2.19. The summed E-state index contributed by atoms with van der Waals surface area (Å²) < 4.78 is 29.5. The molecule has 0 spiro atoms. The van der Waals surface area contributed by atoms with Gasteiger partial charge in [-0.2, -0.15) is 13.7 Å². The number of hydrogen-bond donors (Lipinski definition) is 0. The lowest BCUT2D eigenvalue weighted by atomic mass is 9.95. The second-order valence-electron chi connectivity index (χ2n) is 6.25. The van der Waals surface area contributed by atoms with E-state index in [1.54, 1.807) is 17.5 Å². The Labute approximate surface area is 169 Å². The predicted molar refractivity (Wildman–Crippen MR) is 112 cm³/mol. The van der Waals surface area contributed by atoms with Crippen LogP contribution in [0.25, 0.3) is 5.57 Å². The number of hydrogen-bond acceptors (Lipinski definition) is 6. The molecule has 0 unspecified atom stereocenters. The lowest BCUT2D eigenvalue weighted by Crippen LogP contribution is -2.06. The van der Waals surface area contributed by atoms with Crippen LogP contribution in [0.4, 0.5) is 0 Å². The molecule has 0 N–H and O–H groups in total. The summed E-state index contributed by atoms with van der Waals surface area (Å²) in [6.07, 6.45) is 2.17. The second-order valence-corrected chi connectivity index (χ2v) is 8.76. The zero-order chi connectivity index (χ0) is 20.1. The maximum atomic E-state index is 12.3. The molecule has 0 atom stereocenters. The van der Waals surface area contributed by atoms with Crippen LogP contribution in [0.2, 0.25) is 0 Å². The summed E-state index contributed by atoms with van der Waals surface area (Å²) in [5, 5.41) is 15.7. The van der Waals surface area contributed by atoms with Crippen molar-refractivity contribution in [3.05, 3.63) is 82.3 Å². The Morgan fingerprint density at radius 3 is 2.54 bits per heavy atom. The van der Waals surface area contributed by atoms with Crippen molar-refractivity contribution in [3.63, 3.8) is 0 Å². The fraction of sp³-hybridized carbons (Fsp3) is 0.143. The summed E-state index contributed by atoms with van der Waals surface area (Å²) in [6, 6.07) is 16.3. The summed E-state index contributed by atoms with van der Waals surface area (Å²) in [4.78, 5) is 0.0483. The molecular formula is C21H18N2O3S2. The van der Waals surface area contributed by atoms with Crippen LogP contribution >= 0.6 is 11.8 Å². The standard InChI is InChI=1S/C21H18N2O3S2/c1-15-7-9-18(10-8-15)28(24,25)26-23-21-13-17(11-12-27-21)20(14-22)19-6-4-3-5-16(19)2/h3-12H,13H2,1-2H3/b20-17+,23-21-. The Hall–Kier alpha value is -2.82. The van der Waals surface area contributed by atoms with Crippen LogP contribution in [-0.2, 0) is 14.4 Å². The van der Waals surface area contributed by atoms with Gasteiger partial charge in [0, 0.05) is 6.42 Å². The maximum absolute atomic E-state index is 12.3. The topological polar surface area (TPSA) is 79.5 Å². The van der Waals surface area contributed by atoms with E-state index in [9.17, 15) is 13.7 Å². The summed E-state index contributed by atoms with van der Waals surface area (Å²) >= 11 is 1.27. The number of nitrogens with zero attached hydrogens (tertiary/aromatic N) is 2. The normalized spacial score (nSPS) is 17.2. The molecule has 0 amide bonds. The number of benzene rings is 2. The first kappa shape index (κ1) is 19.9. The Balaban J connectivity index is 1.86. The highest BCUT2D eigenvalue weighted by Crippen LogP contribution is 2.30. The molecule has 5 nitrogen and oxygen atoms in total. The van der Waals surface area contributed by atoms with E-state index in [2.05, 4.69) is 11.2 Å². The van der Waals surface area contributed by atoms with Crippen molar-refractivity contribution in [2.24, 2.45) is 5.16 Å². The molecule has 28 heavy (non-hydrogen) atoms. The van der Waals surface area contributed by atoms with Crippen LogP contribution in [0.3, 0.4) is 0 Å². The van der Waals surface area contributed by atoms with Crippen LogP contribution in [0.5, 0.6) is 0 Å². The fourth-order valence-electron chi connectivity index (χ4n) is 2.68. The molecule has 142 valence electrons. The minimum atomic E-state index is -3.98. The van der Waals surface area contributed by atoms with Crippen LogP contribution in [0, 0.1) is 25.2 Å². The van der Waals surface area contributed by atoms with Crippen LogP contribution in [0.15, 0.2) is 75.6 Å².